The summed E-state index contributed by atoms with van der Waals surface area (Å²) in [6.07, 6.45) is -2.43. The molecule has 2 heterocycles. The van der Waals surface area contributed by atoms with Gasteiger partial charge < -0.3 is 9.31 Å². The van der Waals surface area contributed by atoms with Gasteiger partial charge in [0.05, 0.1) is 16.1 Å². The maximum atomic E-state index is 12.5. The molecule has 6 heteroatoms. The fraction of sp³-hybridized carbons (Fsp3) is 0.636. The lowest BCUT2D eigenvalue weighted by Gasteiger charge is -2.32. The molecule has 2 nitrogen and oxygen atoms in total. The zero-order valence-electron chi connectivity index (χ0n) is 10.3. The van der Waals surface area contributed by atoms with Gasteiger partial charge in [-0.05, 0) is 44.6 Å². The van der Waals surface area contributed by atoms with Crippen LogP contribution >= 0.6 is 11.3 Å². The van der Waals surface area contributed by atoms with Crippen LogP contribution in [0.1, 0.15) is 39.0 Å². The summed E-state index contributed by atoms with van der Waals surface area (Å²) < 4.78 is 36.6. The molecule has 0 bridgehead atoms. The Bertz CT molecular complexity index is 401. The Morgan fingerprint density at radius 3 is 2.12 bits per heavy atom. The molecule has 0 unspecified atom stereocenters. The van der Waals surface area contributed by atoms with E-state index in [9.17, 15) is 8.78 Å². The normalized spacial score (nSPS) is 22.4. The number of halogens is 2. The molecule has 0 radical (unpaired) electrons. The quantitative estimate of drug-likeness (QED) is 0.761. The van der Waals surface area contributed by atoms with E-state index in [-0.39, 0.29) is 4.88 Å². The van der Waals surface area contributed by atoms with Crippen LogP contribution in [-0.2, 0) is 9.31 Å². The number of hydrogen-bond acceptors (Lipinski definition) is 3. The molecule has 0 amide bonds. The van der Waals surface area contributed by atoms with Gasteiger partial charge in [0.25, 0.3) is 6.43 Å². The Kier molecular flexibility index (Phi) is 3.08. The smallest absolute Gasteiger partial charge is 0.399 e. The first kappa shape index (κ1) is 13.0. The maximum Gasteiger partial charge on any atom is 0.495 e. The van der Waals surface area contributed by atoms with Gasteiger partial charge in [-0.25, -0.2) is 8.78 Å². The Labute approximate surface area is 104 Å². The van der Waals surface area contributed by atoms with Crippen LogP contribution in [0.3, 0.4) is 0 Å². The molecule has 1 aliphatic rings. The third-order valence-electron chi connectivity index (χ3n) is 3.38. The van der Waals surface area contributed by atoms with Crippen molar-refractivity contribution in [1.29, 1.82) is 0 Å². The van der Waals surface area contributed by atoms with Crippen molar-refractivity contribution in [1.82, 2.24) is 0 Å². The second kappa shape index (κ2) is 4.04. The van der Waals surface area contributed by atoms with Crippen molar-refractivity contribution in [2.75, 3.05) is 0 Å². The topological polar surface area (TPSA) is 18.5 Å². The molecule has 1 aromatic rings. The number of rotatable bonds is 2. The third-order valence-corrected chi connectivity index (χ3v) is 4.34. The van der Waals surface area contributed by atoms with E-state index in [0.29, 0.717) is 5.46 Å². The van der Waals surface area contributed by atoms with E-state index in [4.69, 9.17) is 9.31 Å². The Morgan fingerprint density at radius 2 is 1.71 bits per heavy atom. The number of hydrogen-bond donors (Lipinski definition) is 0. The summed E-state index contributed by atoms with van der Waals surface area (Å²) in [6.45, 7) is 7.75. The first-order valence-electron chi connectivity index (χ1n) is 5.45. The summed E-state index contributed by atoms with van der Waals surface area (Å²) in [5.41, 5.74) is -0.209. The highest BCUT2D eigenvalue weighted by Crippen LogP contribution is 2.37. The molecular weight excluding hydrogens is 245 g/mol. The lowest BCUT2D eigenvalue weighted by molar-refractivity contribution is 0.00578. The van der Waals surface area contributed by atoms with Crippen molar-refractivity contribution in [2.45, 2.75) is 45.3 Å². The van der Waals surface area contributed by atoms with E-state index in [2.05, 4.69) is 0 Å². The summed E-state index contributed by atoms with van der Waals surface area (Å²) in [6, 6.07) is 1.46. The van der Waals surface area contributed by atoms with Gasteiger partial charge in [-0.15, -0.1) is 11.3 Å². The highest BCUT2D eigenvalue weighted by atomic mass is 32.1. The SMILES string of the molecule is CC1(C)OB(c2csc(C(F)F)c2)OC1(C)C. The maximum absolute atomic E-state index is 12.5. The fourth-order valence-electron chi connectivity index (χ4n) is 1.59. The van der Waals surface area contributed by atoms with Crippen LogP contribution in [-0.4, -0.2) is 18.3 Å². The first-order chi connectivity index (χ1) is 7.73. The average molecular weight is 260 g/mol. The summed E-state index contributed by atoms with van der Waals surface area (Å²) in [5, 5.41) is 1.67. The molecule has 0 saturated carbocycles. The standard InChI is InChI=1S/C11H15BF2O2S/c1-10(2)11(3,4)16-12(15-10)7-5-8(9(13)14)17-6-7/h5-6,9H,1-4H3. The van der Waals surface area contributed by atoms with Gasteiger partial charge >= 0.3 is 7.12 Å². The van der Waals surface area contributed by atoms with Gasteiger partial charge in [-0.3, -0.25) is 0 Å². The Hall–Kier alpha value is -0.455. The monoisotopic (exact) mass is 260 g/mol. The van der Waals surface area contributed by atoms with Crippen LogP contribution in [0.2, 0.25) is 0 Å². The predicted octanol–water partition coefficient (Wildman–Crippen LogP) is 2.98. The fourth-order valence-corrected chi connectivity index (χ4v) is 2.34. The number of thiophene rings is 1. The molecule has 0 atom stereocenters. The molecule has 1 aliphatic heterocycles. The van der Waals surface area contributed by atoms with Crippen LogP contribution in [0.25, 0.3) is 0 Å². The van der Waals surface area contributed by atoms with Crippen molar-refractivity contribution in [3.63, 3.8) is 0 Å². The first-order valence-corrected chi connectivity index (χ1v) is 6.33. The van der Waals surface area contributed by atoms with Crippen molar-refractivity contribution < 1.29 is 18.1 Å². The summed E-state index contributed by atoms with van der Waals surface area (Å²) in [7, 11) is -0.552. The second-order valence-corrected chi connectivity index (χ2v) is 6.11. The van der Waals surface area contributed by atoms with Crippen molar-refractivity contribution in [3.8, 4) is 0 Å². The minimum absolute atomic E-state index is 0.0507. The second-order valence-electron chi connectivity index (χ2n) is 5.17. The van der Waals surface area contributed by atoms with E-state index >= 15 is 0 Å². The third kappa shape index (κ3) is 2.26. The van der Waals surface area contributed by atoms with Gasteiger partial charge in [0.15, 0.2) is 0 Å². The van der Waals surface area contributed by atoms with Crippen molar-refractivity contribution in [3.05, 3.63) is 16.3 Å². The van der Waals surface area contributed by atoms with Crippen molar-refractivity contribution >= 4 is 23.9 Å². The molecular formula is C11H15BF2O2S. The summed E-state index contributed by atoms with van der Waals surface area (Å²) >= 11 is 1.03. The van der Waals surface area contributed by atoms with E-state index in [1.54, 1.807) is 5.38 Å². The lowest BCUT2D eigenvalue weighted by atomic mass is 9.81. The molecule has 1 aromatic heterocycles. The highest BCUT2D eigenvalue weighted by Gasteiger charge is 2.51. The predicted molar refractivity (Wildman–Crippen MR) is 65.0 cm³/mol. The van der Waals surface area contributed by atoms with E-state index in [0.717, 1.165) is 11.3 Å². The van der Waals surface area contributed by atoms with Gasteiger partial charge in [0.2, 0.25) is 0 Å². The average Bonchev–Trinajstić information content (AvgIpc) is 2.70. The van der Waals surface area contributed by atoms with E-state index in [1.807, 2.05) is 27.7 Å². The summed E-state index contributed by atoms with van der Waals surface area (Å²) in [5.74, 6) is 0. The van der Waals surface area contributed by atoms with Gasteiger partial charge in [-0.2, -0.15) is 0 Å². The molecule has 0 N–H and O–H groups in total. The van der Waals surface area contributed by atoms with Crippen molar-refractivity contribution in [2.24, 2.45) is 0 Å². The largest absolute Gasteiger partial charge is 0.495 e. The van der Waals surface area contributed by atoms with Gasteiger partial charge in [0.1, 0.15) is 0 Å². The Morgan fingerprint density at radius 1 is 1.18 bits per heavy atom. The molecule has 1 fully saturated rings. The van der Waals surface area contributed by atoms with E-state index < -0.39 is 24.7 Å². The molecule has 0 aliphatic carbocycles. The van der Waals surface area contributed by atoms with Crippen LogP contribution in [0.5, 0.6) is 0 Å². The molecule has 2 rings (SSSR count). The molecule has 0 spiro atoms. The number of alkyl halides is 2. The van der Waals surface area contributed by atoms with Crippen LogP contribution in [0, 0.1) is 0 Å². The van der Waals surface area contributed by atoms with E-state index in [1.165, 1.54) is 6.07 Å². The van der Waals surface area contributed by atoms with Crippen LogP contribution in [0.4, 0.5) is 8.78 Å². The van der Waals surface area contributed by atoms with Crippen LogP contribution in [0.15, 0.2) is 11.4 Å². The highest BCUT2D eigenvalue weighted by molar-refractivity contribution is 7.11. The van der Waals surface area contributed by atoms with Gasteiger partial charge in [0, 0.05) is 0 Å². The molecule has 1 saturated heterocycles. The minimum Gasteiger partial charge on any atom is -0.399 e. The van der Waals surface area contributed by atoms with Gasteiger partial charge in [-0.1, -0.05) is 0 Å². The zero-order chi connectivity index (χ0) is 12.8. The summed E-state index contributed by atoms with van der Waals surface area (Å²) in [4.78, 5) is 0.0507. The minimum atomic E-state index is -2.43. The zero-order valence-corrected chi connectivity index (χ0v) is 11.1. The lowest BCUT2D eigenvalue weighted by Crippen LogP contribution is -2.41. The Balaban J connectivity index is 2.20. The molecule has 94 valence electrons. The van der Waals surface area contributed by atoms with Crippen LogP contribution < -0.4 is 5.46 Å². The molecule has 17 heavy (non-hydrogen) atoms. The molecule has 0 aromatic carbocycles.